The maximum atomic E-state index is 13.5. The van der Waals surface area contributed by atoms with E-state index in [-0.39, 0.29) is 29.7 Å². The molecule has 2 fully saturated rings. The van der Waals surface area contributed by atoms with Crippen LogP contribution in [0.5, 0.6) is 5.75 Å². The third-order valence-electron chi connectivity index (χ3n) is 7.15. The topological polar surface area (TPSA) is 81.7 Å². The van der Waals surface area contributed by atoms with Crippen LogP contribution in [0.25, 0.3) is 11.3 Å². The second kappa shape index (κ2) is 10.5. The lowest BCUT2D eigenvalue weighted by molar-refractivity contribution is -0.274. The van der Waals surface area contributed by atoms with Crippen LogP contribution < -0.4 is 4.74 Å². The van der Waals surface area contributed by atoms with Gasteiger partial charge in [-0.1, -0.05) is 42.5 Å². The van der Waals surface area contributed by atoms with Gasteiger partial charge in [-0.3, -0.25) is 5.10 Å². The van der Waals surface area contributed by atoms with Crippen LogP contribution in [0, 0.1) is 0 Å². The number of halogens is 3. The SMILES string of the molecule is O=C(N1CCC(O)CC1)N1CC(c2ccc(OC(F)(F)F)cc2)CC(c2cc(-c3ccccc3)n[nH]2)C1. The molecule has 2 aromatic carbocycles. The number of likely N-dealkylation sites (tertiary alicyclic amines) is 2. The summed E-state index contributed by atoms with van der Waals surface area (Å²) in [5.41, 5.74) is 3.55. The number of urea groups is 1. The zero-order valence-electron chi connectivity index (χ0n) is 20.2. The Hall–Kier alpha value is -3.53. The van der Waals surface area contributed by atoms with E-state index in [2.05, 4.69) is 14.9 Å². The van der Waals surface area contributed by atoms with Crippen LogP contribution in [0.2, 0.25) is 0 Å². The summed E-state index contributed by atoms with van der Waals surface area (Å²) >= 11 is 0. The minimum absolute atomic E-state index is 0.0332. The molecule has 7 nitrogen and oxygen atoms in total. The first-order valence-electron chi connectivity index (χ1n) is 12.4. The first kappa shape index (κ1) is 25.1. The minimum atomic E-state index is -4.75. The number of benzene rings is 2. The summed E-state index contributed by atoms with van der Waals surface area (Å²) in [5, 5.41) is 17.5. The summed E-state index contributed by atoms with van der Waals surface area (Å²) < 4.78 is 41.8. The molecule has 10 heteroatoms. The highest BCUT2D eigenvalue weighted by Gasteiger charge is 2.36. The third kappa shape index (κ3) is 6.07. The van der Waals surface area contributed by atoms with E-state index in [0.29, 0.717) is 45.4 Å². The maximum Gasteiger partial charge on any atom is 0.573 e. The fourth-order valence-electron chi connectivity index (χ4n) is 5.22. The van der Waals surface area contributed by atoms with Crippen molar-refractivity contribution in [1.82, 2.24) is 20.0 Å². The number of H-pyrrole nitrogens is 1. The van der Waals surface area contributed by atoms with Crippen molar-refractivity contribution in [3.8, 4) is 17.0 Å². The number of aliphatic hydroxyl groups is 1. The summed E-state index contributed by atoms with van der Waals surface area (Å²) in [4.78, 5) is 17.0. The number of nitrogens with zero attached hydrogens (tertiary/aromatic N) is 3. The quantitative estimate of drug-likeness (QED) is 0.506. The zero-order valence-corrected chi connectivity index (χ0v) is 20.2. The number of hydrogen-bond acceptors (Lipinski definition) is 4. The Morgan fingerprint density at radius 2 is 1.65 bits per heavy atom. The van der Waals surface area contributed by atoms with Crippen molar-refractivity contribution in [2.24, 2.45) is 0 Å². The molecule has 2 atom stereocenters. The van der Waals surface area contributed by atoms with Gasteiger partial charge in [-0.05, 0) is 43.0 Å². The van der Waals surface area contributed by atoms with Crippen LogP contribution in [-0.2, 0) is 0 Å². The first-order chi connectivity index (χ1) is 17.7. The van der Waals surface area contributed by atoms with Crippen LogP contribution in [0.3, 0.4) is 0 Å². The number of hydrogen-bond donors (Lipinski definition) is 2. The van der Waals surface area contributed by atoms with Gasteiger partial charge in [0.15, 0.2) is 0 Å². The van der Waals surface area contributed by atoms with Crippen molar-refractivity contribution in [3.05, 3.63) is 71.9 Å². The van der Waals surface area contributed by atoms with Crippen LogP contribution in [0.15, 0.2) is 60.7 Å². The van der Waals surface area contributed by atoms with Gasteiger partial charge in [-0.15, -0.1) is 13.2 Å². The number of aliphatic hydroxyl groups excluding tert-OH is 1. The highest BCUT2D eigenvalue weighted by molar-refractivity contribution is 5.75. The molecule has 0 spiro atoms. The lowest BCUT2D eigenvalue weighted by Gasteiger charge is -2.41. The molecule has 2 aliphatic rings. The van der Waals surface area contributed by atoms with E-state index in [4.69, 9.17) is 0 Å². The van der Waals surface area contributed by atoms with E-state index in [0.717, 1.165) is 22.5 Å². The van der Waals surface area contributed by atoms with E-state index >= 15 is 0 Å². The van der Waals surface area contributed by atoms with Gasteiger partial charge < -0.3 is 19.6 Å². The van der Waals surface area contributed by atoms with Crippen LogP contribution in [0.1, 0.15) is 42.4 Å². The molecule has 37 heavy (non-hydrogen) atoms. The van der Waals surface area contributed by atoms with E-state index in [9.17, 15) is 23.1 Å². The number of piperidine rings is 2. The Bertz CT molecular complexity index is 1190. The number of amides is 2. The molecule has 0 saturated carbocycles. The molecular weight excluding hydrogens is 485 g/mol. The van der Waals surface area contributed by atoms with Gasteiger partial charge >= 0.3 is 12.4 Å². The summed E-state index contributed by atoms with van der Waals surface area (Å²) in [6.07, 6.45) is -3.33. The largest absolute Gasteiger partial charge is 0.573 e. The lowest BCUT2D eigenvalue weighted by Crippen LogP contribution is -2.51. The fourth-order valence-corrected chi connectivity index (χ4v) is 5.22. The van der Waals surface area contributed by atoms with Crippen molar-refractivity contribution in [2.45, 2.75) is 43.6 Å². The van der Waals surface area contributed by atoms with Crippen molar-refractivity contribution in [3.63, 3.8) is 0 Å². The van der Waals surface area contributed by atoms with E-state index < -0.39 is 6.36 Å². The minimum Gasteiger partial charge on any atom is -0.406 e. The summed E-state index contributed by atoms with van der Waals surface area (Å²) in [6.45, 7) is 1.95. The predicted octanol–water partition coefficient (Wildman–Crippen LogP) is 5.13. The number of carbonyl (C=O) groups excluding carboxylic acids is 1. The Morgan fingerprint density at radius 1 is 0.973 bits per heavy atom. The van der Waals surface area contributed by atoms with Gasteiger partial charge in [0.25, 0.3) is 0 Å². The molecule has 0 aliphatic carbocycles. The van der Waals surface area contributed by atoms with Gasteiger partial charge in [-0.25, -0.2) is 4.79 Å². The monoisotopic (exact) mass is 514 g/mol. The third-order valence-corrected chi connectivity index (χ3v) is 7.15. The van der Waals surface area contributed by atoms with Crippen LogP contribution in [0.4, 0.5) is 18.0 Å². The normalized spacial score (nSPS) is 21.2. The molecular formula is C27H29F3N4O3. The van der Waals surface area contributed by atoms with E-state index in [1.807, 2.05) is 41.3 Å². The molecule has 0 bridgehead atoms. The number of aromatic nitrogens is 2. The smallest absolute Gasteiger partial charge is 0.406 e. The number of carbonyl (C=O) groups is 1. The molecule has 3 aromatic rings. The highest BCUT2D eigenvalue weighted by Crippen LogP contribution is 2.37. The molecule has 2 amide bonds. The van der Waals surface area contributed by atoms with Crippen LogP contribution in [-0.4, -0.2) is 69.8 Å². The van der Waals surface area contributed by atoms with Gasteiger partial charge in [-0.2, -0.15) is 5.10 Å². The van der Waals surface area contributed by atoms with Gasteiger partial charge in [0.05, 0.1) is 11.8 Å². The average molecular weight is 515 g/mol. The molecule has 2 unspecified atom stereocenters. The Kier molecular flexibility index (Phi) is 7.10. The molecule has 196 valence electrons. The predicted molar refractivity (Wildman–Crippen MR) is 131 cm³/mol. The Morgan fingerprint density at radius 3 is 2.32 bits per heavy atom. The number of aromatic amines is 1. The van der Waals surface area contributed by atoms with Crippen LogP contribution >= 0.6 is 0 Å². The summed E-state index contributed by atoms with van der Waals surface area (Å²) in [5.74, 6) is -0.389. The molecule has 0 radical (unpaired) electrons. The second-order valence-electron chi connectivity index (χ2n) is 9.73. The summed E-state index contributed by atoms with van der Waals surface area (Å²) in [6, 6.07) is 17.6. The first-order valence-corrected chi connectivity index (χ1v) is 12.4. The molecule has 2 aliphatic heterocycles. The number of rotatable bonds is 4. The molecule has 1 aromatic heterocycles. The molecule has 2 saturated heterocycles. The average Bonchev–Trinajstić information content (AvgIpc) is 3.39. The van der Waals surface area contributed by atoms with E-state index in [1.165, 1.54) is 12.1 Å². The highest BCUT2D eigenvalue weighted by atomic mass is 19.4. The standard InChI is InChI=1S/C27H29F3N4O3/c28-27(29,30)37-23-8-6-18(7-9-23)20-14-21(25-15-24(31-32-25)19-4-2-1-3-5-19)17-34(16-20)26(36)33-12-10-22(35)11-13-33/h1-9,15,20-22,35H,10-14,16-17H2,(H,31,32). The van der Waals surface area contributed by atoms with Gasteiger partial charge in [0.1, 0.15) is 5.75 Å². The Balaban J connectivity index is 1.38. The number of nitrogens with one attached hydrogen (secondary N) is 1. The zero-order chi connectivity index (χ0) is 26.0. The fraction of sp³-hybridized carbons (Fsp3) is 0.407. The van der Waals surface area contributed by atoms with E-state index in [1.54, 1.807) is 17.0 Å². The number of ether oxygens (including phenoxy) is 1. The molecule has 3 heterocycles. The summed E-state index contributed by atoms with van der Waals surface area (Å²) in [7, 11) is 0. The van der Waals surface area contributed by atoms with Crippen molar-refractivity contribution >= 4 is 6.03 Å². The maximum absolute atomic E-state index is 13.5. The van der Waals surface area contributed by atoms with Gasteiger partial charge in [0, 0.05) is 49.3 Å². The molecule has 5 rings (SSSR count). The van der Waals surface area contributed by atoms with Crippen molar-refractivity contribution in [1.29, 1.82) is 0 Å². The lowest BCUT2D eigenvalue weighted by atomic mass is 9.83. The Labute approximate surface area is 212 Å². The van der Waals surface area contributed by atoms with Crippen molar-refractivity contribution < 1.29 is 27.8 Å². The van der Waals surface area contributed by atoms with Gasteiger partial charge in [0.2, 0.25) is 0 Å². The second-order valence-corrected chi connectivity index (χ2v) is 9.73. The number of alkyl halides is 3. The molecule has 2 N–H and O–H groups in total. The van der Waals surface area contributed by atoms with Crippen molar-refractivity contribution in [2.75, 3.05) is 26.2 Å².